The Morgan fingerprint density at radius 3 is 2.38 bits per heavy atom. The van der Waals surface area contributed by atoms with E-state index in [4.69, 9.17) is 9.57 Å². The SMILES string of the molecule is CS(=O)(=O)c1ccc(OC2=C[C@@H](c3ccc(C(F)(F)F)cc3)ON2)cn1. The monoisotopic (exact) mass is 386 g/mol. The number of hydrogen-bond acceptors (Lipinski definition) is 6. The van der Waals surface area contributed by atoms with Gasteiger partial charge in [0.05, 0.1) is 11.8 Å². The van der Waals surface area contributed by atoms with Crippen LogP contribution in [0.1, 0.15) is 17.2 Å². The predicted octanol–water partition coefficient (Wildman–Crippen LogP) is 3.00. The molecule has 1 aromatic heterocycles. The first-order chi connectivity index (χ1) is 12.1. The number of nitrogens with zero attached hydrogens (tertiary/aromatic N) is 1. The van der Waals surface area contributed by atoms with Gasteiger partial charge in [-0.15, -0.1) is 0 Å². The van der Waals surface area contributed by atoms with Crippen LogP contribution < -0.4 is 10.2 Å². The number of hydroxylamine groups is 1. The van der Waals surface area contributed by atoms with Crippen molar-refractivity contribution >= 4 is 9.84 Å². The number of halogens is 3. The summed E-state index contributed by atoms with van der Waals surface area (Å²) >= 11 is 0. The van der Waals surface area contributed by atoms with Gasteiger partial charge >= 0.3 is 6.18 Å². The Morgan fingerprint density at radius 2 is 1.85 bits per heavy atom. The molecule has 1 N–H and O–H groups in total. The number of sulfone groups is 1. The van der Waals surface area contributed by atoms with Gasteiger partial charge in [0.15, 0.2) is 14.9 Å². The summed E-state index contributed by atoms with van der Waals surface area (Å²) in [5, 5.41) is -0.0860. The summed E-state index contributed by atoms with van der Waals surface area (Å²) in [6, 6.07) is 7.30. The third-order valence-electron chi connectivity index (χ3n) is 3.47. The highest BCUT2D eigenvalue weighted by Crippen LogP contribution is 2.31. The van der Waals surface area contributed by atoms with Gasteiger partial charge in [-0.1, -0.05) is 12.1 Å². The minimum Gasteiger partial charge on any atom is -0.438 e. The van der Waals surface area contributed by atoms with Crippen LogP contribution in [-0.4, -0.2) is 19.7 Å². The lowest BCUT2D eigenvalue weighted by Crippen LogP contribution is -2.12. The van der Waals surface area contributed by atoms with Crippen LogP contribution in [0.3, 0.4) is 0 Å². The Bertz CT molecular complexity index is 923. The van der Waals surface area contributed by atoms with E-state index in [9.17, 15) is 21.6 Å². The molecule has 26 heavy (non-hydrogen) atoms. The maximum Gasteiger partial charge on any atom is 0.416 e. The zero-order valence-corrected chi connectivity index (χ0v) is 14.1. The molecule has 2 aromatic rings. The Morgan fingerprint density at radius 1 is 1.15 bits per heavy atom. The summed E-state index contributed by atoms with van der Waals surface area (Å²) in [5.74, 6) is 0.483. The van der Waals surface area contributed by atoms with Crippen LogP contribution in [0.4, 0.5) is 13.2 Å². The van der Waals surface area contributed by atoms with Crippen molar-refractivity contribution in [1.29, 1.82) is 0 Å². The smallest absolute Gasteiger partial charge is 0.416 e. The van der Waals surface area contributed by atoms with Crippen molar-refractivity contribution in [3.05, 3.63) is 65.7 Å². The summed E-state index contributed by atoms with van der Waals surface area (Å²) < 4.78 is 65.9. The summed E-state index contributed by atoms with van der Waals surface area (Å²) in [6.07, 6.45) is -1.21. The fourth-order valence-electron chi connectivity index (χ4n) is 2.18. The Kier molecular flexibility index (Phi) is 4.63. The molecule has 1 aliphatic rings. The lowest BCUT2D eigenvalue weighted by Gasteiger charge is -2.10. The molecule has 1 atom stereocenters. The highest BCUT2D eigenvalue weighted by molar-refractivity contribution is 7.90. The van der Waals surface area contributed by atoms with Crippen molar-refractivity contribution in [1.82, 2.24) is 10.5 Å². The van der Waals surface area contributed by atoms with Gasteiger partial charge in [-0.05, 0) is 29.8 Å². The van der Waals surface area contributed by atoms with E-state index in [0.717, 1.165) is 18.4 Å². The van der Waals surface area contributed by atoms with E-state index in [2.05, 4.69) is 10.5 Å². The third kappa shape index (κ3) is 4.14. The van der Waals surface area contributed by atoms with E-state index in [0.29, 0.717) is 5.56 Å². The predicted molar refractivity (Wildman–Crippen MR) is 84.5 cm³/mol. The van der Waals surface area contributed by atoms with Crippen LogP contribution in [0.15, 0.2) is 59.6 Å². The van der Waals surface area contributed by atoms with Crippen molar-refractivity contribution < 1.29 is 31.2 Å². The van der Waals surface area contributed by atoms with Crippen LogP contribution in [-0.2, 0) is 20.9 Å². The molecule has 0 bridgehead atoms. The molecule has 3 rings (SSSR count). The first-order valence-electron chi connectivity index (χ1n) is 7.27. The van der Waals surface area contributed by atoms with E-state index in [1.807, 2.05) is 0 Å². The van der Waals surface area contributed by atoms with Gasteiger partial charge in [-0.25, -0.2) is 18.9 Å². The number of pyridine rings is 1. The molecule has 0 radical (unpaired) electrons. The lowest BCUT2D eigenvalue weighted by atomic mass is 10.1. The Hall–Kier alpha value is -2.59. The molecule has 0 aliphatic carbocycles. The van der Waals surface area contributed by atoms with E-state index >= 15 is 0 Å². The molecule has 2 heterocycles. The highest BCUT2D eigenvalue weighted by Gasteiger charge is 2.30. The summed E-state index contributed by atoms with van der Waals surface area (Å²) in [6.45, 7) is 0. The average molecular weight is 386 g/mol. The van der Waals surface area contributed by atoms with Gasteiger partial charge in [0.25, 0.3) is 0 Å². The molecule has 0 amide bonds. The second kappa shape index (κ2) is 6.61. The summed E-state index contributed by atoms with van der Waals surface area (Å²) in [7, 11) is -3.41. The molecule has 1 aliphatic heterocycles. The molecule has 10 heteroatoms. The molecule has 0 unspecified atom stereocenters. The van der Waals surface area contributed by atoms with Gasteiger partial charge in [0.2, 0.25) is 5.88 Å². The van der Waals surface area contributed by atoms with E-state index in [-0.39, 0.29) is 16.7 Å². The second-order valence-electron chi connectivity index (χ2n) is 5.50. The van der Waals surface area contributed by atoms with Crippen LogP contribution in [0, 0.1) is 0 Å². The van der Waals surface area contributed by atoms with Crippen molar-refractivity contribution in [2.75, 3.05) is 6.26 Å². The second-order valence-corrected chi connectivity index (χ2v) is 7.46. The number of benzene rings is 1. The number of nitrogens with one attached hydrogen (secondary N) is 1. The molecule has 0 saturated heterocycles. The number of hydrogen-bond donors (Lipinski definition) is 1. The van der Waals surface area contributed by atoms with E-state index in [1.165, 1.54) is 36.5 Å². The number of aromatic nitrogens is 1. The zero-order chi connectivity index (χ0) is 18.9. The Labute approximate surface area is 147 Å². The van der Waals surface area contributed by atoms with Crippen LogP contribution >= 0.6 is 0 Å². The van der Waals surface area contributed by atoms with Crippen LogP contribution in [0.25, 0.3) is 0 Å². The van der Waals surface area contributed by atoms with Gasteiger partial charge in [0, 0.05) is 12.3 Å². The van der Waals surface area contributed by atoms with Gasteiger partial charge in [-0.2, -0.15) is 13.2 Å². The van der Waals surface area contributed by atoms with Crippen molar-refractivity contribution in [2.24, 2.45) is 0 Å². The maximum absolute atomic E-state index is 12.6. The van der Waals surface area contributed by atoms with E-state index in [1.54, 1.807) is 0 Å². The first-order valence-corrected chi connectivity index (χ1v) is 9.17. The highest BCUT2D eigenvalue weighted by atomic mass is 32.2. The summed E-state index contributed by atoms with van der Waals surface area (Å²) in [5.41, 5.74) is 2.28. The first kappa shape index (κ1) is 18.2. The maximum atomic E-state index is 12.6. The topological polar surface area (TPSA) is 77.5 Å². The fourth-order valence-corrected chi connectivity index (χ4v) is 2.74. The molecule has 138 valence electrons. The summed E-state index contributed by atoms with van der Waals surface area (Å²) in [4.78, 5) is 9.05. The molecular weight excluding hydrogens is 373 g/mol. The normalized spacial score (nSPS) is 17.5. The quantitative estimate of drug-likeness (QED) is 0.871. The molecule has 1 aromatic carbocycles. The molecule has 0 spiro atoms. The number of ether oxygens (including phenoxy) is 1. The molecule has 0 fully saturated rings. The standard InChI is InChI=1S/C16H13F3N2O4S/c1-26(22,23)15-7-6-12(9-20-15)24-14-8-13(25-21-14)10-2-4-11(5-3-10)16(17,18)19/h2-9,13,21H,1H3/t13-/m0/s1. The van der Waals surface area contributed by atoms with Gasteiger partial charge < -0.3 is 4.74 Å². The van der Waals surface area contributed by atoms with Gasteiger partial charge in [0.1, 0.15) is 11.9 Å². The molecular formula is C16H13F3N2O4S. The van der Waals surface area contributed by atoms with Crippen LogP contribution in [0.2, 0.25) is 0 Å². The zero-order valence-electron chi connectivity index (χ0n) is 13.3. The Balaban J connectivity index is 1.70. The fraction of sp³-hybridized carbons (Fsp3) is 0.188. The third-order valence-corrected chi connectivity index (χ3v) is 4.47. The minimum absolute atomic E-state index is 0.0860. The minimum atomic E-state index is -4.40. The lowest BCUT2D eigenvalue weighted by molar-refractivity contribution is -0.137. The van der Waals surface area contributed by atoms with E-state index < -0.39 is 27.7 Å². The van der Waals surface area contributed by atoms with Crippen molar-refractivity contribution in [3.63, 3.8) is 0 Å². The van der Waals surface area contributed by atoms with Crippen molar-refractivity contribution in [2.45, 2.75) is 17.3 Å². The number of alkyl halides is 3. The average Bonchev–Trinajstić information content (AvgIpc) is 3.02. The number of rotatable bonds is 4. The van der Waals surface area contributed by atoms with Crippen LogP contribution in [0.5, 0.6) is 5.75 Å². The van der Waals surface area contributed by atoms with Gasteiger partial charge in [-0.3, -0.25) is 4.84 Å². The molecule has 0 saturated carbocycles. The van der Waals surface area contributed by atoms with Crippen molar-refractivity contribution in [3.8, 4) is 5.75 Å². The largest absolute Gasteiger partial charge is 0.438 e. The molecule has 6 nitrogen and oxygen atoms in total.